The van der Waals surface area contributed by atoms with Crippen molar-refractivity contribution in [1.82, 2.24) is 0 Å². The Morgan fingerprint density at radius 3 is 2.95 bits per heavy atom. The Labute approximate surface area is 115 Å². The zero-order chi connectivity index (χ0) is 14.5. The Kier molecular flexibility index (Phi) is 4.52. The molecule has 1 aliphatic heterocycles. The molecule has 0 radical (unpaired) electrons. The molecule has 0 aliphatic carbocycles. The molecule has 1 aromatic rings. The van der Waals surface area contributed by atoms with E-state index in [-0.39, 0.29) is 11.7 Å². The Morgan fingerprint density at radius 2 is 2.35 bits per heavy atom. The van der Waals surface area contributed by atoms with Gasteiger partial charge in [0.15, 0.2) is 0 Å². The van der Waals surface area contributed by atoms with Gasteiger partial charge in [0.2, 0.25) is 0 Å². The standard InChI is InChI=1S/C13H16N2O5/c16-13(17)11-4-3-9(8-12(11)15(18)19)14-6-5-10-2-1-7-20-10/h3-4,8,10,14H,1-2,5-7H2,(H,16,17). The quantitative estimate of drug-likeness (QED) is 0.612. The number of hydrogen-bond donors (Lipinski definition) is 2. The van der Waals surface area contributed by atoms with Crippen molar-refractivity contribution in [2.75, 3.05) is 18.5 Å². The number of hydrogen-bond acceptors (Lipinski definition) is 5. The summed E-state index contributed by atoms with van der Waals surface area (Å²) in [6, 6.07) is 4.03. The van der Waals surface area contributed by atoms with E-state index >= 15 is 0 Å². The minimum absolute atomic E-state index is 0.246. The fraction of sp³-hybridized carbons (Fsp3) is 0.462. The summed E-state index contributed by atoms with van der Waals surface area (Å²) in [7, 11) is 0. The van der Waals surface area contributed by atoms with E-state index in [9.17, 15) is 14.9 Å². The maximum atomic E-state index is 10.9. The van der Waals surface area contributed by atoms with Crippen LogP contribution in [-0.4, -0.2) is 35.3 Å². The van der Waals surface area contributed by atoms with Crippen LogP contribution in [-0.2, 0) is 4.74 Å². The van der Waals surface area contributed by atoms with Crippen molar-refractivity contribution in [1.29, 1.82) is 0 Å². The number of carbonyl (C=O) groups is 1. The number of carboxylic acids is 1. The molecule has 1 atom stereocenters. The van der Waals surface area contributed by atoms with Crippen LogP contribution >= 0.6 is 0 Å². The van der Waals surface area contributed by atoms with Gasteiger partial charge in [-0.1, -0.05) is 0 Å². The molecule has 1 aromatic carbocycles. The number of aromatic carboxylic acids is 1. The Morgan fingerprint density at radius 1 is 1.55 bits per heavy atom. The van der Waals surface area contributed by atoms with Gasteiger partial charge < -0.3 is 15.2 Å². The molecule has 1 fully saturated rings. The number of benzene rings is 1. The van der Waals surface area contributed by atoms with Gasteiger partial charge in [0.1, 0.15) is 5.56 Å². The number of nitrogens with one attached hydrogen (secondary N) is 1. The first kappa shape index (κ1) is 14.3. The number of ether oxygens (including phenoxy) is 1. The monoisotopic (exact) mass is 280 g/mol. The molecule has 0 bridgehead atoms. The molecule has 1 unspecified atom stereocenters. The molecule has 0 saturated carbocycles. The van der Waals surface area contributed by atoms with Crippen molar-refractivity contribution in [2.24, 2.45) is 0 Å². The highest BCUT2D eigenvalue weighted by molar-refractivity contribution is 5.93. The molecule has 1 saturated heterocycles. The van der Waals surface area contributed by atoms with Gasteiger partial charge in [-0.05, 0) is 31.4 Å². The number of nitrogens with zero attached hydrogens (tertiary/aromatic N) is 1. The van der Waals surface area contributed by atoms with Crippen molar-refractivity contribution in [2.45, 2.75) is 25.4 Å². The van der Waals surface area contributed by atoms with Gasteiger partial charge in [-0.2, -0.15) is 0 Å². The zero-order valence-electron chi connectivity index (χ0n) is 10.9. The van der Waals surface area contributed by atoms with Crippen LogP contribution in [0.25, 0.3) is 0 Å². The number of anilines is 1. The summed E-state index contributed by atoms with van der Waals surface area (Å²) in [5, 5.41) is 22.8. The van der Waals surface area contributed by atoms with Gasteiger partial charge in [-0.15, -0.1) is 0 Å². The van der Waals surface area contributed by atoms with E-state index in [1.807, 2.05) is 0 Å². The van der Waals surface area contributed by atoms with E-state index in [0.717, 1.165) is 25.9 Å². The lowest BCUT2D eigenvalue weighted by atomic mass is 10.1. The SMILES string of the molecule is O=C(O)c1ccc(NCCC2CCCO2)cc1[N+](=O)[O-]. The summed E-state index contributed by atoms with van der Waals surface area (Å²) in [6.45, 7) is 1.43. The van der Waals surface area contributed by atoms with Crippen LogP contribution in [0.15, 0.2) is 18.2 Å². The van der Waals surface area contributed by atoms with Crippen molar-refractivity contribution >= 4 is 17.3 Å². The van der Waals surface area contributed by atoms with Crippen LogP contribution in [0.5, 0.6) is 0 Å². The van der Waals surface area contributed by atoms with Crippen LogP contribution in [0.2, 0.25) is 0 Å². The highest BCUT2D eigenvalue weighted by Crippen LogP contribution is 2.23. The average molecular weight is 280 g/mol. The number of nitro groups is 1. The summed E-state index contributed by atoms with van der Waals surface area (Å²) < 4.78 is 5.48. The molecule has 0 aromatic heterocycles. The van der Waals surface area contributed by atoms with Gasteiger partial charge in [0.25, 0.3) is 5.69 Å². The molecular formula is C13H16N2O5. The summed E-state index contributed by atoms with van der Waals surface area (Å²) in [5.74, 6) is -1.30. The lowest BCUT2D eigenvalue weighted by Crippen LogP contribution is -2.12. The number of rotatable bonds is 6. The van der Waals surface area contributed by atoms with E-state index in [1.54, 1.807) is 0 Å². The van der Waals surface area contributed by atoms with Crippen molar-refractivity contribution < 1.29 is 19.6 Å². The van der Waals surface area contributed by atoms with E-state index < -0.39 is 16.6 Å². The highest BCUT2D eigenvalue weighted by atomic mass is 16.6. The zero-order valence-corrected chi connectivity index (χ0v) is 10.9. The second-order valence-corrected chi connectivity index (χ2v) is 4.64. The average Bonchev–Trinajstić information content (AvgIpc) is 2.91. The first-order valence-electron chi connectivity index (χ1n) is 6.45. The first-order valence-corrected chi connectivity index (χ1v) is 6.45. The van der Waals surface area contributed by atoms with E-state index in [2.05, 4.69) is 5.32 Å². The fourth-order valence-corrected chi connectivity index (χ4v) is 2.22. The molecule has 7 nitrogen and oxygen atoms in total. The lowest BCUT2D eigenvalue weighted by Gasteiger charge is -2.11. The second kappa shape index (κ2) is 6.33. The smallest absolute Gasteiger partial charge is 0.342 e. The minimum atomic E-state index is -1.30. The third kappa shape index (κ3) is 3.45. The van der Waals surface area contributed by atoms with E-state index in [0.29, 0.717) is 12.2 Å². The van der Waals surface area contributed by atoms with Crippen LogP contribution in [0.1, 0.15) is 29.6 Å². The summed E-state index contributed by atoms with van der Waals surface area (Å²) in [5.41, 5.74) is -0.168. The van der Waals surface area contributed by atoms with Crippen LogP contribution in [0.3, 0.4) is 0 Å². The molecule has 7 heteroatoms. The van der Waals surface area contributed by atoms with Gasteiger partial charge >= 0.3 is 5.97 Å². The van der Waals surface area contributed by atoms with Crippen molar-refractivity contribution in [3.8, 4) is 0 Å². The maximum Gasteiger partial charge on any atom is 0.342 e. The lowest BCUT2D eigenvalue weighted by molar-refractivity contribution is -0.385. The molecule has 1 aliphatic rings. The minimum Gasteiger partial charge on any atom is -0.477 e. The molecule has 0 amide bonds. The summed E-state index contributed by atoms with van der Waals surface area (Å²) >= 11 is 0. The van der Waals surface area contributed by atoms with Crippen molar-refractivity contribution in [3.63, 3.8) is 0 Å². The summed E-state index contributed by atoms with van der Waals surface area (Å²) in [4.78, 5) is 21.1. The third-order valence-corrected chi connectivity index (χ3v) is 3.24. The van der Waals surface area contributed by atoms with E-state index in [4.69, 9.17) is 9.84 Å². The van der Waals surface area contributed by atoms with Crippen LogP contribution < -0.4 is 5.32 Å². The maximum absolute atomic E-state index is 10.9. The van der Waals surface area contributed by atoms with Crippen molar-refractivity contribution in [3.05, 3.63) is 33.9 Å². The van der Waals surface area contributed by atoms with Gasteiger partial charge in [-0.25, -0.2) is 4.79 Å². The first-order chi connectivity index (χ1) is 9.58. The predicted octanol–water partition coefficient (Wildman–Crippen LogP) is 2.27. The molecule has 20 heavy (non-hydrogen) atoms. The third-order valence-electron chi connectivity index (χ3n) is 3.24. The second-order valence-electron chi connectivity index (χ2n) is 4.64. The molecule has 2 rings (SSSR count). The Balaban J connectivity index is 1.99. The number of carboxylic acid groups (broad SMARTS) is 1. The van der Waals surface area contributed by atoms with E-state index in [1.165, 1.54) is 18.2 Å². The molecule has 2 N–H and O–H groups in total. The Bertz CT molecular complexity index is 511. The predicted molar refractivity (Wildman–Crippen MR) is 72.1 cm³/mol. The largest absolute Gasteiger partial charge is 0.477 e. The molecule has 0 spiro atoms. The highest BCUT2D eigenvalue weighted by Gasteiger charge is 2.20. The Hall–Kier alpha value is -2.15. The molecule has 108 valence electrons. The van der Waals surface area contributed by atoms with Gasteiger partial charge in [-0.3, -0.25) is 10.1 Å². The molecule has 1 heterocycles. The van der Waals surface area contributed by atoms with Gasteiger partial charge in [0.05, 0.1) is 11.0 Å². The normalized spacial score (nSPS) is 17.9. The number of nitro benzene ring substituents is 1. The topological polar surface area (TPSA) is 102 Å². The van der Waals surface area contributed by atoms with Crippen LogP contribution in [0.4, 0.5) is 11.4 Å². The fourth-order valence-electron chi connectivity index (χ4n) is 2.22. The van der Waals surface area contributed by atoms with Crippen LogP contribution in [0, 0.1) is 10.1 Å². The van der Waals surface area contributed by atoms with Gasteiger partial charge in [0, 0.05) is 24.9 Å². The molecular weight excluding hydrogens is 264 g/mol. The summed E-state index contributed by atoms with van der Waals surface area (Å²) in [6.07, 6.45) is 3.19.